The second kappa shape index (κ2) is 9.14. The third kappa shape index (κ3) is 5.03. The molecule has 1 fully saturated rings. The summed E-state index contributed by atoms with van der Waals surface area (Å²) in [6.45, 7) is 8.03. The highest BCUT2D eigenvalue weighted by Crippen LogP contribution is 2.37. The first-order valence-corrected chi connectivity index (χ1v) is 11.7. The number of aliphatic hydroxyl groups is 1. The van der Waals surface area contributed by atoms with Crippen molar-refractivity contribution in [3.8, 4) is 5.88 Å². The highest BCUT2D eigenvalue weighted by atomic mass is 16.5. The zero-order valence-electron chi connectivity index (χ0n) is 20.1. The largest absolute Gasteiger partial charge is 0.481 e. The lowest BCUT2D eigenvalue weighted by Gasteiger charge is -2.30. The minimum atomic E-state index is -1.16. The van der Waals surface area contributed by atoms with Gasteiger partial charge in [-0.1, -0.05) is 19.9 Å². The van der Waals surface area contributed by atoms with Gasteiger partial charge in [-0.2, -0.15) is 5.10 Å². The lowest BCUT2D eigenvalue weighted by Crippen LogP contribution is -2.21. The summed E-state index contributed by atoms with van der Waals surface area (Å²) in [4.78, 5) is 17.1. The number of hydrogen-bond donors (Lipinski definition) is 2. The summed E-state index contributed by atoms with van der Waals surface area (Å²) in [5.74, 6) is 1.52. The molecule has 3 aromatic rings. The van der Waals surface area contributed by atoms with E-state index in [4.69, 9.17) is 9.84 Å². The number of hydrogen-bond acceptors (Lipinski definition) is 5. The maximum Gasteiger partial charge on any atom is 0.274 e. The zero-order valence-corrected chi connectivity index (χ0v) is 20.1. The van der Waals surface area contributed by atoms with Crippen LogP contribution in [0.15, 0.2) is 36.5 Å². The van der Waals surface area contributed by atoms with Crippen LogP contribution in [0, 0.1) is 11.8 Å². The van der Waals surface area contributed by atoms with E-state index in [2.05, 4.69) is 35.0 Å². The first-order valence-electron chi connectivity index (χ1n) is 11.7. The number of aromatic nitrogens is 3. The van der Waals surface area contributed by atoms with Crippen molar-refractivity contribution in [3.05, 3.63) is 47.8 Å². The van der Waals surface area contributed by atoms with Gasteiger partial charge in [0.25, 0.3) is 5.91 Å². The van der Waals surface area contributed by atoms with Gasteiger partial charge in [0.2, 0.25) is 5.88 Å². The maximum absolute atomic E-state index is 12.9. The van der Waals surface area contributed by atoms with Gasteiger partial charge >= 0.3 is 0 Å². The van der Waals surface area contributed by atoms with Crippen molar-refractivity contribution in [2.45, 2.75) is 65.0 Å². The van der Waals surface area contributed by atoms with Crippen molar-refractivity contribution >= 4 is 22.5 Å². The van der Waals surface area contributed by atoms with E-state index in [1.807, 2.05) is 12.1 Å². The van der Waals surface area contributed by atoms with Gasteiger partial charge in [0.15, 0.2) is 0 Å². The topological polar surface area (TPSA) is 89.3 Å². The number of nitrogens with zero attached hydrogens (tertiary/aromatic N) is 3. The second-order valence-electron chi connectivity index (χ2n) is 9.96. The molecule has 1 amide bonds. The Labute approximate surface area is 195 Å². The lowest BCUT2D eigenvalue weighted by atomic mass is 9.80. The van der Waals surface area contributed by atoms with Crippen molar-refractivity contribution in [1.29, 1.82) is 0 Å². The van der Waals surface area contributed by atoms with Gasteiger partial charge in [-0.05, 0) is 69.6 Å². The van der Waals surface area contributed by atoms with E-state index in [1.165, 1.54) is 20.0 Å². The first-order chi connectivity index (χ1) is 15.7. The molecule has 2 aromatic heterocycles. The van der Waals surface area contributed by atoms with E-state index < -0.39 is 5.60 Å². The van der Waals surface area contributed by atoms with Crippen LogP contribution < -0.4 is 10.1 Å². The van der Waals surface area contributed by atoms with Crippen molar-refractivity contribution in [2.24, 2.45) is 11.8 Å². The van der Waals surface area contributed by atoms with E-state index in [-0.39, 0.29) is 11.6 Å². The van der Waals surface area contributed by atoms with E-state index in [0.717, 1.165) is 35.6 Å². The molecule has 4 rings (SSSR count). The average Bonchev–Trinajstić information content (AvgIpc) is 3.21. The number of fused-ring (bicyclic) bond motifs is 1. The standard InChI is InChI=1S/C26H34N4O3/c1-16(2)17-9-11-19(12-10-17)30-15-18-13-23(20(26(3,4)32)14-22(18)29-30)28-25(31)21-7-6-8-24(27-21)33-5/h6-8,13-17,19,32H,9-12H2,1-5H3,(H,28,31)/t17-,19-. The highest BCUT2D eigenvalue weighted by molar-refractivity contribution is 6.04. The Morgan fingerprint density at radius 1 is 1.21 bits per heavy atom. The molecule has 0 radical (unpaired) electrons. The van der Waals surface area contributed by atoms with Gasteiger partial charge in [-0.3, -0.25) is 9.48 Å². The first kappa shape index (κ1) is 23.2. The number of rotatable bonds is 6. The molecule has 1 saturated carbocycles. The Kier molecular flexibility index (Phi) is 6.43. The molecule has 0 saturated heterocycles. The Bertz CT molecular complexity index is 1140. The molecule has 1 aromatic carbocycles. The van der Waals surface area contributed by atoms with Crippen molar-refractivity contribution in [1.82, 2.24) is 14.8 Å². The Morgan fingerprint density at radius 3 is 2.58 bits per heavy atom. The van der Waals surface area contributed by atoms with Gasteiger partial charge in [0.05, 0.1) is 24.3 Å². The molecule has 1 aliphatic carbocycles. The number of nitrogens with one attached hydrogen (secondary N) is 1. The predicted octanol–water partition coefficient (Wildman–Crippen LogP) is 5.31. The Morgan fingerprint density at radius 2 is 1.94 bits per heavy atom. The molecule has 0 aliphatic heterocycles. The number of ether oxygens (including phenoxy) is 1. The van der Waals surface area contributed by atoms with Crippen molar-refractivity contribution in [3.63, 3.8) is 0 Å². The highest BCUT2D eigenvalue weighted by Gasteiger charge is 2.27. The van der Waals surface area contributed by atoms with Crippen LogP contribution >= 0.6 is 0 Å². The molecule has 0 atom stereocenters. The van der Waals surface area contributed by atoms with Gasteiger partial charge < -0.3 is 15.2 Å². The van der Waals surface area contributed by atoms with Crippen LogP contribution in [0.2, 0.25) is 0 Å². The van der Waals surface area contributed by atoms with Gasteiger partial charge in [0, 0.05) is 28.9 Å². The molecule has 7 heteroatoms. The van der Waals surface area contributed by atoms with E-state index >= 15 is 0 Å². The van der Waals surface area contributed by atoms with Crippen LogP contribution in [0.4, 0.5) is 5.69 Å². The molecule has 1 aliphatic rings. The lowest BCUT2D eigenvalue weighted by molar-refractivity contribution is 0.0793. The maximum atomic E-state index is 12.9. The summed E-state index contributed by atoms with van der Waals surface area (Å²) in [5, 5.41) is 19.5. The molecular weight excluding hydrogens is 416 g/mol. The van der Waals surface area contributed by atoms with Crippen LogP contribution in [0.25, 0.3) is 10.9 Å². The average molecular weight is 451 g/mol. The molecule has 0 bridgehead atoms. The second-order valence-corrected chi connectivity index (χ2v) is 9.96. The number of pyridine rings is 1. The van der Waals surface area contributed by atoms with E-state index in [9.17, 15) is 9.90 Å². The molecular formula is C26H34N4O3. The summed E-state index contributed by atoms with van der Waals surface area (Å²) in [7, 11) is 1.51. The van der Waals surface area contributed by atoms with Crippen LogP contribution in [-0.2, 0) is 5.60 Å². The third-order valence-electron chi connectivity index (χ3n) is 6.79. The van der Waals surface area contributed by atoms with E-state index in [1.54, 1.807) is 32.0 Å². The van der Waals surface area contributed by atoms with Gasteiger partial charge in [-0.25, -0.2) is 4.98 Å². The fourth-order valence-corrected chi connectivity index (χ4v) is 4.76. The number of methoxy groups -OCH3 is 1. The molecule has 33 heavy (non-hydrogen) atoms. The van der Waals surface area contributed by atoms with Gasteiger partial charge in [-0.15, -0.1) is 0 Å². The van der Waals surface area contributed by atoms with Crippen molar-refractivity contribution < 1.29 is 14.6 Å². The minimum absolute atomic E-state index is 0.244. The quantitative estimate of drug-likeness (QED) is 0.531. The van der Waals surface area contributed by atoms with Crippen molar-refractivity contribution in [2.75, 3.05) is 12.4 Å². The zero-order chi connectivity index (χ0) is 23.8. The molecule has 2 heterocycles. The Balaban J connectivity index is 1.64. The monoisotopic (exact) mass is 450 g/mol. The molecule has 0 spiro atoms. The van der Waals surface area contributed by atoms with Crippen LogP contribution in [0.3, 0.4) is 0 Å². The SMILES string of the molecule is COc1cccc(C(=O)Nc2cc3cn([C@H]4CC[C@H](C(C)C)CC4)nc3cc2C(C)(C)O)n1. The summed E-state index contributed by atoms with van der Waals surface area (Å²) in [6.07, 6.45) is 6.76. The fraction of sp³-hybridized carbons (Fsp3) is 0.500. The summed E-state index contributed by atoms with van der Waals surface area (Å²) >= 11 is 0. The predicted molar refractivity (Wildman–Crippen MR) is 130 cm³/mol. The number of benzene rings is 1. The molecule has 176 valence electrons. The number of carbonyl (C=O) groups excluding carboxylic acids is 1. The van der Waals surface area contributed by atoms with E-state index in [0.29, 0.717) is 23.2 Å². The van der Waals surface area contributed by atoms with Crippen LogP contribution in [0.1, 0.15) is 75.5 Å². The smallest absolute Gasteiger partial charge is 0.274 e. The molecule has 0 unspecified atom stereocenters. The number of carbonyl (C=O) groups is 1. The van der Waals surface area contributed by atoms with Crippen LogP contribution in [0.5, 0.6) is 5.88 Å². The summed E-state index contributed by atoms with van der Waals surface area (Å²) in [5.41, 5.74) is 1.06. The van der Waals surface area contributed by atoms with Crippen LogP contribution in [-0.4, -0.2) is 32.9 Å². The Hall–Kier alpha value is -2.93. The summed E-state index contributed by atoms with van der Waals surface area (Å²) < 4.78 is 7.20. The number of anilines is 1. The van der Waals surface area contributed by atoms with Gasteiger partial charge in [0.1, 0.15) is 5.69 Å². The third-order valence-corrected chi connectivity index (χ3v) is 6.79. The molecule has 2 N–H and O–H groups in total. The summed E-state index contributed by atoms with van der Waals surface area (Å²) in [6, 6.07) is 9.19. The fourth-order valence-electron chi connectivity index (χ4n) is 4.76. The molecule has 7 nitrogen and oxygen atoms in total. The minimum Gasteiger partial charge on any atom is -0.481 e. The number of amides is 1. The normalized spacial score (nSPS) is 19.1.